The number of ether oxygens (including phenoxy) is 1. The second-order valence-electron chi connectivity index (χ2n) is 7.90. The smallest absolute Gasteiger partial charge is 0.260 e. The molecule has 2 heterocycles. The molecule has 0 bridgehead atoms. The van der Waals surface area contributed by atoms with E-state index in [2.05, 4.69) is 4.98 Å². The number of thiazole rings is 1. The second kappa shape index (κ2) is 9.90. The standard InChI is InChI=1S/C25H25N3O4S2/c1-4-32-21-9-6-10-22-23(21)27-25(33-22)28(16-18-11-13-26-14-12-18)24(29)19-7-5-8-20(15-19)34(30,31)17(2)3/h5-15,17H,4,16H2,1-3H3. The van der Waals surface area contributed by atoms with E-state index in [0.29, 0.717) is 23.0 Å². The van der Waals surface area contributed by atoms with Gasteiger partial charge in [0.1, 0.15) is 11.3 Å². The fourth-order valence-electron chi connectivity index (χ4n) is 3.43. The molecule has 0 fully saturated rings. The number of pyridine rings is 1. The zero-order chi connectivity index (χ0) is 24.3. The first-order valence-corrected chi connectivity index (χ1v) is 13.2. The van der Waals surface area contributed by atoms with Crippen molar-refractivity contribution in [2.45, 2.75) is 37.5 Å². The van der Waals surface area contributed by atoms with Crippen LogP contribution in [0.5, 0.6) is 5.75 Å². The highest BCUT2D eigenvalue weighted by atomic mass is 32.2. The molecule has 7 nitrogen and oxygen atoms in total. The number of sulfone groups is 1. The highest BCUT2D eigenvalue weighted by Crippen LogP contribution is 2.35. The summed E-state index contributed by atoms with van der Waals surface area (Å²) >= 11 is 1.38. The van der Waals surface area contributed by atoms with Crippen molar-refractivity contribution in [3.8, 4) is 5.75 Å². The monoisotopic (exact) mass is 495 g/mol. The number of amides is 1. The summed E-state index contributed by atoms with van der Waals surface area (Å²) in [5.74, 6) is 0.318. The highest BCUT2D eigenvalue weighted by molar-refractivity contribution is 7.92. The van der Waals surface area contributed by atoms with Crippen molar-refractivity contribution in [2.24, 2.45) is 0 Å². The highest BCUT2D eigenvalue weighted by Gasteiger charge is 2.25. The summed E-state index contributed by atoms with van der Waals surface area (Å²) in [5, 5.41) is -0.0897. The Kier molecular flexibility index (Phi) is 6.95. The maximum atomic E-state index is 13.7. The van der Waals surface area contributed by atoms with Crippen molar-refractivity contribution in [2.75, 3.05) is 11.5 Å². The molecule has 0 spiro atoms. The summed E-state index contributed by atoms with van der Waals surface area (Å²) < 4.78 is 32.0. The van der Waals surface area contributed by atoms with E-state index in [1.165, 1.54) is 23.5 Å². The minimum atomic E-state index is -3.52. The van der Waals surface area contributed by atoms with Gasteiger partial charge in [0.25, 0.3) is 5.91 Å². The Morgan fingerprint density at radius 3 is 2.53 bits per heavy atom. The number of rotatable bonds is 8. The molecule has 34 heavy (non-hydrogen) atoms. The lowest BCUT2D eigenvalue weighted by Gasteiger charge is -2.20. The molecule has 176 valence electrons. The van der Waals surface area contributed by atoms with E-state index in [9.17, 15) is 13.2 Å². The fraction of sp³-hybridized carbons (Fsp3) is 0.240. The topological polar surface area (TPSA) is 89.5 Å². The fourth-order valence-corrected chi connectivity index (χ4v) is 5.51. The second-order valence-corrected chi connectivity index (χ2v) is 11.4. The molecule has 0 N–H and O–H groups in total. The van der Waals surface area contributed by atoms with E-state index < -0.39 is 15.1 Å². The van der Waals surface area contributed by atoms with Crippen LogP contribution in [0.3, 0.4) is 0 Å². The van der Waals surface area contributed by atoms with Crippen LogP contribution in [0.4, 0.5) is 5.13 Å². The van der Waals surface area contributed by atoms with Gasteiger partial charge in [-0.2, -0.15) is 0 Å². The number of carbonyl (C=O) groups is 1. The summed E-state index contributed by atoms with van der Waals surface area (Å²) in [6.45, 7) is 5.91. The van der Waals surface area contributed by atoms with Gasteiger partial charge in [0.05, 0.1) is 28.0 Å². The molecule has 1 amide bonds. The number of aromatic nitrogens is 2. The van der Waals surface area contributed by atoms with Crippen LogP contribution in [0, 0.1) is 0 Å². The zero-order valence-corrected chi connectivity index (χ0v) is 20.8. The normalized spacial score (nSPS) is 11.6. The van der Waals surface area contributed by atoms with Gasteiger partial charge in [-0.05, 0) is 68.8 Å². The number of para-hydroxylation sites is 1. The molecule has 4 rings (SSSR count). The van der Waals surface area contributed by atoms with Gasteiger partial charge in [0, 0.05) is 18.0 Å². The first-order valence-electron chi connectivity index (χ1n) is 10.9. The van der Waals surface area contributed by atoms with Gasteiger partial charge in [0.2, 0.25) is 0 Å². The van der Waals surface area contributed by atoms with Crippen molar-refractivity contribution >= 4 is 42.4 Å². The van der Waals surface area contributed by atoms with Gasteiger partial charge < -0.3 is 4.74 Å². The molecule has 0 aliphatic rings. The third-order valence-electron chi connectivity index (χ3n) is 5.27. The lowest BCUT2D eigenvalue weighted by Crippen LogP contribution is -2.30. The minimum absolute atomic E-state index is 0.125. The summed E-state index contributed by atoms with van der Waals surface area (Å²) in [6.07, 6.45) is 3.33. The molecule has 9 heteroatoms. The number of fused-ring (bicyclic) bond motifs is 1. The summed E-state index contributed by atoms with van der Waals surface area (Å²) in [4.78, 5) is 24.2. The van der Waals surface area contributed by atoms with Gasteiger partial charge in [-0.15, -0.1) is 0 Å². The SMILES string of the molecule is CCOc1cccc2sc(N(Cc3ccncc3)C(=O)c3cccc(S(=O)(=O)C(C)C)c3)nc12. The first kappa shape index (κ1) is 23.8. The number of hydrogen-bond donors (Lipinski definition) is 0. The van der Waals surface area contributed by atoms with E-state index in [1.807, 2.05) is 37.3 Å². The van der Waals surface area contributed by atoms with Crippen molar-refractivity contribution < 1.29 is 17.9 Å². The summed E-state index contributed by atoms with van der Waals surface area (Å²) in [6, 6.07) is 15.5. The predicted octanol–water partition coefficient (Wildman–Crippen LogP) is 5.12. The van der Waals surface area contributed by atoms with Crippen molar-refractivity contribution in [3.05, 3.63) is 78.1 Å². The average Bonchev–Trinajstić information content (AvgIpc) is 3.28. The third kappa shape index (κ3) is 4.80. The molecular weight excluding hydrogens is 470 g/mol. The molecule has 2 aromatic heterocycles. The number of anilines is 1. The molecule has 2 aromatic carbocycles. The van der Waals surface area contributed by atoms with E-state index in [-0.39, 0.29) is 22.9 Å². The van der Waals surface area contributed by atoms with E-state index in [0.717, 1.165) is 10.3 Å². The molecule has 4 aromatic rings. The van der Waals surface area contributed by atoms with Crippen LogP contribution in [-0.2, 0) is 16.4 Å². The van der Waals surface area contributed by atoms with Crippen LogP contribution in [0.25, 0.3) is 10.2 Å². The average molecular weight is 496 g/mol. The van der Waals surface area contributed by atoms with E-state index >= 15 is 0 Å². The Balaban J connectivity index is 1.79. The Morgan fingerprint density at radius 2 is 1.82 bits per heavy atom. The lowest BCUT2D eigenvalue weighted by atomic mass is 10.2. The zero-order valence-electron chi connectivity index (χ0n) is 19.1. The van der Waals surface area contributed by atoms with Crippen LogP contribution < -0.4 is 9.64 Å². The van der Waals surface area contributed by atoms with Crippen LogP contribution in [0.15, 0.2) is 71.9 Å². The quantitative estimate of drug-likeness (QED) is 0.337. The maximum absolute atomic E-state index is 13.7. The molecular formula is C25H25N3O4S2. The molecule has 0 aliphatic carbocycles. The van der Waals surface area contributed by atoms with Crippen molar-refractivity contribution in [1.29, 1.82) is 0 Å². The summed E-state index contributed by atoms with van der Waals surface area (Å²) in [7, 11) is -3.52. The van der Waals surface area contributed by atoms with Crippen molar-refractivity contribution in [1.82, 2.24) is 9.97 Å². The van der Waals surface area contributed by atoms with E-state index in [4.69, 9.17) is 9.72 Å². The molecule has 0 unspecified atom stereocenters. The third-order valence-corrected chi connectivity index (χ3v) is 8.46. The Bertz CT molecular complexity index is 1420. The predicted molar refractivity (Wildman–Crippen MR) is 134 cm³/mol. The van der Waals surface area contributed by atoms with Crippen LogP contribution >= 0.6 is 11.3 Å². The molecule has 0 aliphatic heterocycles. The number of nitrogens with zero attached hydrogens (tertiary/aromatic N) is 3. The van der Waals surface area contributed by atoms with Gasteiger partial charge in [-0.3, -0.25) is 14.7 Å². The number of benzene rings is 2. The largest absolute Gasteiger partial charge is 0.492 e. The Morgan fingerprint density at radius 1 is 1.09 bits per heavy atom. The minimum Gasteiger partial charge on any atom is -0.492 e. The summed E-state index contributed by atoms with van der Waals surface area (Å²) in [5.41, 5.74) is 1.84. The van der Waals surface area contributed by atoms with E-state index in [1.54, 1.807) is 43.3 Å². The van der Waals surface area contributed by atoms with Gasteiger partial charge in [-0.1, -0.05) is 23.5 Å². The van der Waals surface area contributed by atoms with Crippen molar-refractivity contribution in [3.63, 3.8) is 0 Å². The maximum Gasteiger partial charge on any atom is 0.260 e. The Labute approximate surface area is 203 Å². The molecule has 0 radical (unpaired) electrons. The molecule has 0 saturated carbocycles. The van der Waals surface area contributed by atoms with Crippen LogP contribution in [-0.4, -0.2) is 36.1 Å². The number of carbonyl (C=O) groups excluding carboxylic acids is 1. The number of hydrogen-bond acceptors (Lipinski definition) is 7. The van der Waals surface area contributed by atoms with Crippen LogP contribution in [0.2, 0.25) is 0 Å². The van der Waals surface area contributed by atoms with Crippen LogP contribution in [0.1, 0.15) is 36.7 Å². The van der Waals surface area contributed by atoms with Gasteiger partial charge >= 0.3 is 0 Å². The Hall–Kier alpha value is -3.30. The molecule has 0 saturated heterocycles. The first-order chi connectivity index (χ1) is 16.3. The lowest BCUT2D eigenvalue weighted by molar-refractivity contribution is 0.0985. The molecule has 0 atom stereocenters. The van der Waals surface area contributed by atoms with Gasteiger partial charge in [0.15, 0.2) is 15.0 Å². The van der Waals surface area contributed by atoms with Gasteiger partial charge in [-0.25, -0.2) is 13.4 Å².